The number of aromatic nitrogens is 2. The highest BCUT2D eigenvalue weighted by Gasteiger charge is 2.40. The summed E-state index contributed by atoms with van der Waals surface area (Å²) in [6, 6.07) is 5.94. The largest absolute Gasteiger partial charge is 0.478 e. The Kier molecular flexibility index (Phi) is 7.86. The van der Waals surface area contributed by atoms with E-state index in [1.54, 1.807) is 20.8 Å². The molecule has 9 heteroatoms. The molecule has 1 unspecified atom stereocenters. The lowest BCUT2D eigenvalue weighted by Crippen LogP contribution is -2.51. The molecule has 2 aromatic rings. The lowest BCUT2D eigenvalue weighted by molar-refractivity contribution is -0.131. The van der Waals surface area contributed by atoms with Gasteiger partial charge in [0.15, 0.2) is 5.67 Å². The van der Waals surface area contributed by atoms with Gasteiger partial charge in [0.1, 0.15) is 12.5 Å². The van der Waals surface area contributed by atoms with Crippen LogP contribution in [0, 0.1) is 6.92 Å². The Labute approximate surface area is 194 Å². The fourth-order valence-electron chi connectivity index (χ4n) is 3.78. The van der Waals surface area contributed by atoms with Gasteiger partial charge >= 0.3 is 0 Å². The maximum absolute atomic E-state index is 15.1. The number of carbonyl (C=O) groups excluding carboxylic acids is 1. The van der Waals surface area contributed by atoms with Gasteiger partial charge in [0.25, 0.3) is 6.47 Å². The van der Waals surface area contributed by atoms with Crippen LogP contribution in [-0.2, 0) is 21.6 Å². The number of fused-ring (bicyclic) bond motifs is 1. The first-order chi connectivity index (χ1) is 15.7. The third kappa shape index (κ3) is 5.78. The van der Waals surface area contributed by atoms with Gasteiger partial charge in [-0.25, -0.2) is 14.4 Å². The third-order valence-corrected chi connectivity index (χ3v) is 5.64. The minimum atomic E-state index is -1.46. The number of aliphatic hydroxyl groups excluding tert-OH is 1. The van der Waals surface area contributed by atoms with E-state index in [0.29, 0.717) is 50.8 Å². The van der Waals surface area contributed by atoms with Crippen molar-refractivity contribution in [2.45, 2.75) is 58.4 Å². The first-order valence-electron chi connectivity index (χ1n) is 11.2. The van der Waals surface area contributed by atoms with Crippen LogP contribution in [-0.4, -0.2) is 60.6 Å². The summed E-state index contributed by atoms with van der Waals surface area (Å²) in [5.74, 6) is 1.26. The van der Waals surface area contributed by atoms with Crippen molar-refractivity contribution in [2.75, 3.05) is 31.8 Å². The fraction of sp³-hybridized carbons (Fsp3) is 0.542. The molecule has 1 aliphatic heterocycles. The normalized spacial score (nSPS) is 19.5. The number of aliphatic hydroxyl groups is 1. The smallest absolute Gasteiger partial charge is 0.293 e. The monoisotopic (exact) mass is 460 g/mol. The van der Waals surface area contributed by atoms with Crippen LogP contribution in [0.3, 0.4) is 0 Å². The average Bonchev–Trinajstić information content (AvgIpc) is 3.05. The van der Waals surface area contributed by atoms with Crippen LogP contribution in [0.2, 0.25) is 0 Å². The predicted molar refractivity (Wildman–Crippen MR) is 124 cm³/mol. The number of alkyl halides is 1. The summed E-state index contributed by atoms with van der Waals surface area (Å²) in [6.07, 6.45) is 0.678. The molecule has 1 atom stereocenters. The quantitative estimate of drug-likeness (QED) is 0.481. The van der Waals surface area contributed by atoms with Gasteiger partial charge in [-0.1, -0.05) is 12.1 Å². The van der Waals surface area contributed by atoms with E-state index in [-0.39, 0.29) is 12.2 Å². The van der Waals surface area contributed by atoms with Gasteiger partial charge in [-0.05, 0) is 59.2 Å². The van der Waals surface area contributed by atoms with Gasteiger partial charge in [0.05, 0.1) is 23.6 Å². The SMILES string of the molecule is CC(C)OC=O.CNCOc1cc(-c2nc(N3CC(O)C3)nc3c2CCC3(C)F)ccc1C. The zero-order chi connectivity index (χ0) is 24.2. The van der Waals surface area contributed by atoms with Crippen molar-refractivity contribution in [2.24, 2.45) is 0 Å². The minimum Gasteiger partial charge on any atom is -0.478 e. The van der Waals surface area contributed by atoms with Crippen molar-refractivity contribution in [3.63, 3.8) is 0 Å². The first-order valence-corrected chi connectivity index (χ1v) is 11.2. The Hall–Kier alpha value is -2.78. The van der Waals surface area contributed by atoms with E-state index in [4.69, 9.17) is 9.72 Å². The van der Waals surface area contributed by atoms with Crippen molar-refractivity contribution < 1.29 is 23.8 Å². The van der Waals surface area contributed by atoms with Crippen molar-refractivity contribution in [3.05, 3.63) is 35.0 Å². The Morgan fingerprint density at radius 2 is 2.09 bits per heavy atom. The standard InChI is InChI=1S/C20H25FN4O2.C4H8O2/c1-12-4-5-13(8-16(12)27-11-22-3)17-15-6-7-20(2,21)18(15)24-19(23-17)25-9-14(26)10-25;1-4(2)6-3-5/h4-5,8,14,22,26H,6-7,9-11H2,1-3H3;3-4H,1-2H3. The van der Waals surface area contributed by atoms with Gasteiger partial charge in [-0.3, -0.25) is 10.1 Å². The summed E-state index contributed by atoms with van der Waals surface area (Å²) in [7, 11) is 1.83. The lowest BCUT2D eigenvalue weighted by atomic mass is 10.0. The molecule has 1 aromatic carbocycles. The Bertz CT molecular complexity index is 977. The fourth-order valence-corrected chi connectivity index (χ4v) is 3.78. The van der Waals surface area contributed by atoms with Crippen LogP contribution < -0.4 is 15.0 Å². The number of anilines is 1. The summed E-state index contributed by atoms with van der Waals surface area (Å²) >= 11 is 0. The first kappa shape index (κ1) is 24.9. The lowest BCUT2D eigenvalue weighted by Gasteiger charge is -2.36. The number of nitrogens with zero attached hydrogens (tertiary/aromatic N) is 3. The molecule has 2 heterocycles. The molecule has 1 fully saturated rings. The van der Waals surface area contributed by atoms with E-state index in [1.165, 1.54) is 0 Å². The van der Waals surface area contributed by atoms with E-state index in [9.17, 15) is 9.90 Å². The Morgan fingerprint density at radius 3 is 2.67 bits per heavy atom. The number of ether oxygens (including phenoxy) is 2. The van der Waals surface area contributed by atoms with Crippen LogP contribution in [0.15, 0.2) is 18.2 Å². The molecule has 1 aromatic heterocycles. The van der Waals surface area contributed by atoms with Gasteiger partial charge in [0.2, 0.25) is 5.95 Å². The molecular formula is C24H33FN4O4. The second-order valence-corrected chi connectivity index (χ2v) is 8.86. The summed E-state index contributed by atoms with van der Waals surface area (Å²) in [5, 5.41) is 12.6. The number of hydrogen-bond acceptors (Lipinski definition) is 8. The maximum atomic E-state index is 15.1. The van der Waals surface area contributed by atoms with Crippen LogP contribution >= 0.6 is 0 Å². The van der Waals surface area contributed by atoms with Crippen molar-refractivity contribution in [1.82, 2.24) is 15.3 Å². The van der Waals surface area contributed by atoms with Gasteiger partial charge < -0.3 is 19.5 Å². The zero-order valence-corrected chi connectivity index (χ0v) is 19.9. The van der Waals surface area contributed by atoms with Crippen LogP contribution in [0.1, 0.15) is 44.0 Å². The second-order valence-electron chi connectivity index (χ2n) is 8.86. The molecule has 0 amide bonds. The van der Waals surface area contributed by atoms with E-state index in [2.05, 4.69) is 15.0 Å². The summed E-state index contributed by atoms with van der Waals surface area (Å²) in [6.45, 7) is 8.99. The molecule has 1 aliphatic carbocycles. The minimum absolute atomic E-state index is 0.0301. The molecule has 4 rings (SSSR count). The molecule has 0 bridgehead atoms. The van der Waals surface area contributed by atoms with E-state index < -0.39 is 5.67 Å². The molecular weight excluding hydrogens is 427 g/mol. The third-order valence-electron chi connectivity index (χ3n) is 5.64. The van der Waals surface area contributed by atoms with Crippen LogP contribution in [0.25, 0.3) is 11.3 Å². The number of hydrogen-bond donors (Lipinski definition) is 2. The van der Waals surface area contributed by atoms with Crippen LogP contribution in [0.5, 0.6) is 5.75 Å². The topological polar surface area (TPSA) is 96.8 Å². The second kappa shape index (κ2) is 10.4. The zero-order valence-electron chi connectivity index (χ0n) is 19.9. The average molecular weight is 461 g/mol. The number of β-amino-alcohol motifs (C(OH)–C–C–N with tert-alkyl or cyclic N) is 1. The van der Waals surface area contributed by atoms with Gasteiger partial charge in [-0.2, -0.15) is 0 Å². The molecule has 0 spiro atoms. The van der Waals surface area contributed by atoms with Crippen molar-refractivity contribution in [1.29, 1.82) is 0 Å². The number of rotatable bonds is 7. The highest BCUT2D eigenvalue weighted by molar-refractivity contribution is 5.69. The maximum Gasteiger partial charge on any atom is 0.293 e. The van der Waals surface area contributed by atoms with Crippen molar-refractivity contribution in [3.8, 4) is 17.0 Å². The molecule has 180 valence electrons. The molecule has 1 saturated heterocycles. The number of halogens is 1. The number of carbonyl (C=O) groups is 1. The molecule has 0 saturated carbocycles. The Balaban J connectivity index is 0.000000454. The molecule has 2 N–H and O–H groups in total. The molecule has 33 heavy (non-hydrogen) atoms. The van der Waals surface area contributed by atoms with Crippen molar-refractivity contribution >= 4 is 12.4 Å². The number of nitrogens with one attached hydrogen (secondary N) is 1. The van der Waals surface area contributed by atoms with Crippen LogP contribution in [0.4, 0.5) is 10.3 Å². The van der Waals surface area contributed by atoms with E-state index in [0.717, 1.165) is 28.1 Å². The van der Waals surface area contributed by atoms with Gasteiger partial charge in [-0.15, -0.1) is 0 Å². The van der Waals surface area contributed by atoms with Gasteiger partial charge in [0, 0.05) is 24.2 Å². The highest BCUT2D eigenvalue weighted by Crippen LogP contribution is 2.43. The highest BCUT2D eigenvalue weighted by atomic mass is 19.1. The molecule has 0 radical (unpaired) electrons. The van der Waals surface area contributed by atoms with E-state index >= 15 is 4.39 Å². The summed E-state index contributed by atoms with van der Waals surface area (Å²) in [4.78, 5) is 20.6. The number of aryl methyl sites for hydroxylation is 1. The summed E-state index contributed by atoms with van der Waals surface area (Å²) < 4.78 is 25.2. The molecule has 2 aliphatic rings. The molecule has 8 nitrogen and oxygen atoms in total. The number of benzene rings is 1. The van der Waals surface area contributed by atoms with E-state index in [1.807, 2.05) is 37.1 Å². The summed E-state index contributed by atoms with van der Waals surface area (Å²) in [5.41, 5.74) is 2.57. The Morgan fingerprint density at radius 1 is 1.36 bits per heavy atom. The predicted octanol–water partition coefficient (Wildman–Crippen LogP) is 2.89.